The van der Waals surface area contributed by atoms with Gasteiger partial charge in [0.25, 0.3) is 0 Å². The van der Waals surface area contributed by atoms with Crippen LogP contribution in [0.1, 0.15) is 47.9 Å². The Balaban J connectivity index is 2.03. The fourth-order valence-corrected chi connectivity index (χ4v) is 3.12. The van der Waals surface area contributed by atoms with Crippen LogP contribution in [0.25, 0.3) is 0 Å². The number of hydrogen-bond acceptors (Lipinski definition) is 2. The predicted molar refractivity (Wildman–Crippen MR) is 83.8 cm³/mol. The van der Waals surface area contributed by atoms with E-state index >= 15 is 0 Å². The number of nitrogens with two attached hydrogens (primary N) is 1. The van der Waals surface area contributed by atoms with Crippen molar-refractivity contribution in [1.82, 2.24) is 0 Å². The first-order valence-electron chi connectivity index (χ1n) is 7.56. The second-order valence-electron chi connectivity index (χ2n) is 6.30. The first-order chi connectivity index (χ1) is 8.99. The van der Waals surface area contributed by atoms with Gasteiger partial charge >= 0.3 is 0 Å². The molecular weight excluding hydrogens is 232 g/mol. The number of nitrogens with one attached hydrogen (secondary N) is 1. The molecule has 0 aliphatic heterocycles. The van der Waals surface area contributed by atoms with Gasteiger partial charge in [0.15, 0.2) is 0 Å². The lowest BCUT2D eigenvalue weighted by Crippen LogP contribution is -2.29. The number of benzene rings is 1. The molecule has 1 aromatic rings. The van der Waals surface area contributed by atoms with Crippen molar-refractivity contribution in [1.29, 1.82) is 0 Å². The Bertz CT molecular complexity index is 417. The maximum absolute atomic E-state index is 5.97. The van der Waals surface area contributed by atoms with Gasteiger partial charge in [-0.3, -0.25) is 0 Å². The minimum Gasteiger partial charge on any atom is -0.384 e. The molecule has 3 N–H and O–H groups in total. The molecule has 0 heterocycles. The predicted octanol–water partition coefficient (Wildman–Crippen LogP) is 3.85. The standard InChI is InChI=1S/C17H28N2/c1-11-9-12(2)14(4)17(13(11)3)19-10-15-5-7-16(18)8-6-15/h9,15-16,19H,5-8,10,18H2,1-4H3. The Morgan fingerprint density at radius 2 is 1.53 bits per heavy atom. The maximum atomic E-state index is 5.97. The van der Waals surface area contributed by atoms with Crippen LogP contribution in [0.4, 0.5) is 5.69 Å². The zero-order valence-electron chi connectivity index (χ0n) is 12.8. The fraction of sp³-hybridized carbons (Fsp3) is 0.647. The van der Waals surface area contributed by atoms with Crippen molar-refractivity contribution in [2.75, 3.05) is 11.9 Å². The Labute approximate surface area is 117 Å². The monoisotopic (exact) mass is 260 g/mol. The van der Waals surface area contributed by atoms with Gasteiger partial charge in [-0.1, -0.05) is 6.07 Å². The summed E-state index contributed by atoms with van der Waals surface area (Å²) in [4.78, 5) is 0. The summed E-state index contributed by atoms with van der Waals surface area (Å²) in [6.45, 7) is 9.94. The van der Waals surface area contributed by atoms with Gasteiger partial charge in [0.05, 0.1) is 0 Å². The van der Waals surface area contributed by atoms with Crippen molar-refractivity contribution in [2.45, 2.75) is 59.4 Å². The first kappa shape index (κ1) is 14.4. The molecule has 2 rings (SSSR count). The van der Waals surface area contributed by atoms with Gasteiger partial charge in [-0.05, 0) is 81.5 Å². The zero-order valence-corrected chi connectivity index (χ0v) is 12.8. The van der Waals surface area contributed by atoms with Crippen molar-refractivity contribution in [2.24, 2.45) is 11.7 Å². The lowest BCUT2D eigenvalue weighted by atomic mass is 9.86. The van der Waals surface area contributed by atoms with E-state index in [4.69, 9.17) is 5.73 Å². The smallest absolute Gasteiger partial charge is 0.0405 e. The Kier molecular flexibility index (Phi) is 4.51. The minimum atomic E-state index is 0.445. The van der Waals surface area contributed by atoms with Crippen molar-refractivity contribution in [3.05, 3.63) is 28.3 Å². The molecule has 1 aliphatic carbocycles. The van der Waals surface area contributed by atoms with Gasteiger partial charge in [-0.25, -0.2) is 0 Å². The summed E-state index contributed by atoms with van der Waals surface area (Å²) in [6, 6.07) is 2.73. The second kappa shape index (κ2) is 5.96. The van der Waals surface area contributed by atoms with E-state index in [1.165, 1.54) is 53.6 Å². The first-order valence-corrected chi connectivity index (χ1v) is 7.56. The van der Waals surface area contributed by atoms with Gasteiger partial charge in [-0.15, -0.1) is 0 Å². The van der Waals surface area contributed by atoms with Crippen LogP contribution in [0.2, 0.25) is 0 Å². The van der Waals surface area contributed by atoms with E-state index in [0.29, 0.717) is 6.04 Å². The summed E-state index contributed by atoms with van der Waals surface area (Å²) < 4.78 is 0. The van der Waals surface area contributed by atoms with Crippen LogP contribution in [0.5, 0.6) is 0 Å². The molecule has 1 aliphatic rings. The molecule has 1 fully saturated rings. The zero-order chi connectivity index (χ0) is 14.0. The Hall–Kier alpha value is -1.02. The highest BCUT2D eigenvalue weighted by Gasteiger charge is 2.19. The molecule has 0 unspecified atom stereocenters. The van der Waals surface area contributed by atoms with Crippen molar-refractivity contribution in [3.8, 4) is 0 Å². The third kappa shape index (κ3) is 3.30. The normalized spacial score (nSPS) is 23.4. The highest BCUT2D eigenvalue weighted by atomic mass is 14.9. The molecule has 0 saturated heterocycles. The third-order valence-electron chi connectivity index (χ3n) is 4.82. The summed E-state index contributed by atoms with van der Waals surface area (Å²) in [7, 11) is 0. The average molecular weight is 260 g/mol. The summed E-state index contributed by atoms with van der Waals surface area (Å²) in [5, 5.41) is 3.71. The van der Waals surface area contributed by atoms with Crippen LogP contribution >= 0.6 is 0 Å². The molecule has 2 heteroatoms. The quantitative estimate of drug-likeness (QED) is 0.866. The molecule has 0 amide bonds. The Morgan fingerprint density at radius 3 is 2.05 bits per heavy atom. The highest BCUT2D eigenvalue weighted by Crippen LogP contribution is 2.28. The molecular formula is C17H28N2. The largest absolute Gasteiger partial charge is 0.384 e. The number of hydrogen-bond donors (Lipinski definition) is 2. The number of aryl methyl sites for hydroxylation is 2. The maximum Gasteiger partial charge on any atom is 0.0405 e. The lowest BCUT2D eigenvalue weighted by Gasteiger charge is -2.27. The van der Waals surface area contributed by atoms with Crippen molar-refractivity contribution < 1.29 is 0 Å². The van der Waals surface area contributed by atoms with Crippen LogP contribution in [0.15, 0.2) is 6.07 Å². The summed E-state index contributed by atoms with van der Waals surface area (Å²) >= 11 is 0. The average Bonchev–Trinajstić information content (AvgIpc) is 2.38. The lowest BCUT2D eigenvalue weighted by molar-refractivity contribution is 0.339. The van der Waals surface area contributed by atoms with Crippen molar-refractivity contribution in [3.63, 3.8) is 0 Å². The second-order valence-corrected chi connectivity index (χ2v) is 6.30. The van der Waals surface area contributed by atoms with E-state index in [0.717, 1.165) is 12.5 Å². The Morgan fingerprint density at radius 1 is 1.00 bits per heavy atom. The SMILES string of the molecule is Cc1cc(C)c(C)c(NCC2CCC(N)CC2)c1C. The minimum absolute atomic E-state index is 0.445. The molecule has 1 saturated carbocycles. The number of anilines is 1. The molecule has 19 heavy (non-hydrogen) atoms. The van der Waals surface area contributed by atoms with Crippen molar-refractivity contribution >= 4 is 5.69 Å². The van der Waals surface area contributed by atoms with Gasteiger partial charge < -0.3 is 11.1 Å². The van der Waals surface area contributed by atoms with Crippen LogP contribution in [-0.4, -0.2) is 12.6 Å². The summed E-state index contributed by atoms with van der Waals surface area (Å²) in [5.74, 6) is 0.791. The number of rotatable bonds is 3. The van der Waals surface area contributed by atoms with Crippen LogP contribution in [0.3, 0.4) is 0 Å². The fourth-order valence-electron chi connectivity index (χ4n) is 3.12. The van der Waals surface area contributed by atoms with E-state index in [1.54, 1.807) is 0 Å². The summed E-state index contributed by atoms with van der Waals surface area (Å²) in [6.07, 6.45) is 4.93. The third-order valence-corrected chi connectivity index (χ3v) is 4.82. The molecule has 0 bridgehead atoms. The van der Waals surface area contributed by atoms with Gasteiger partial charge in [0, 0.05) is 18.3 Å². The topological polar surface area (TPSA) is 38.0 Å². The van der Waals surface area contributed by atoms with E-state index in [2.05, 4.69) is 39.1 Å². The molecule has 106 valence electrons. The van der Waals surface area contributed by atoms with Crippen LogP contribution in [0, 0.1) is 33.6 Å². The van der Waals surface area contributed by atoms with E-state index in [1.807, 2.05) is 0 Å². The van der Waals surface area contributed by atoms with E-state index < -0.39 is 0 Å². The van der Waals surface area contributed by atoms with Crippen LogP contribution < -0.4 is 11.1 Å². The molecule has 0 radical (unpaired) electrons. The van der Waals surface area contributed by atoms with Gasteiger partial charge in [0.1, 0.15) is 0 Å². The highest BCUT2D eigenvalue weighted by molar-refractivity contribution is 5.62. The van der Waals surface area contributed by atoms with Gasteiger partial charge in [0.2, 0.25) is 0 Å². The van der Waals surface area contributed by atoms with E-state index in [9.17, 15) is 0 Å². The molecule has 1 aromatic carbocycles. The molecule has 0 atom stereocenters. The summed E-state index contributed by atoms with van der Waals surface area (Å²) in [5.41, 5.74) is 12.9. The van der Waals surface area contributed by atoms with Gasteiger partial charge in [-0.2, -0.15) is 0 Å². The van der Waals surface area contributed by atoms with Crippen LogP contribution in [-0.2, 0) is 0 Å². The molecule has 2 nitrogen and oxygen atoms in total. The molecule has 0 spiro atoms. The molecule has 0 aromatic heterocycles. The van der Waals surface area contributed by atoms with E-state index in [-0.39, 0.29) is 0 Å².